The number of amides is 1. The van der Waals surface area contributed by atoms with E-state index in [2.05, 4.69) is 31.3 Å². The maximum atomic E-state index is 13.1. The summed E-state index contributed by atoms with van der Waals surface area (Å²) in [5.41, 5.74) is 0. The van der Waals surface area contributed by atoms with Crippen LogP contribution in [0.4, 0.5) is 0 Å². The van der Waals surface area contributed by atoms with Crippen molar-refractivity contribution < 1.29 is 44.9 Å². The minimum absolute atomic E-state index is 0.308. The van der Waals surface area contributed by atoms with Gasteiger partial charge in [0.15, 0.2) is 6.29 Å². The van der Waals surface area contributed by atoms with E-state index in [0.717, 1.165) is 32.1 Å². The Morgan fingerprint density at radius 1 is 0.557 bits per heavy atom. The smallest absolute Gasteiger partial charge is 0.249 e. The van der Waals surface area contributed by atoms with E-state index in [0.29, 0.717) is 19.3 Å². The Hall–Kier alpha value is -1.37. The molecule has 0 aromatic rings. The minimum atomic E-state index is -1.61. The Kier molecular flexibility index (Phi) is 39.1. The van der Waals surface area contributed by atoms with E-state index in [-0.39, 0.29) is 6.61 Å². The highest BCUT2D eigenvalue weighted by atomic mass is 16.7. The third-order valence-corrected chi connectivity index (χ3v) is 12.4. The molecule has 360 valence electrons. The molecule has 1 saturated heterocycles. The Morgan fingerprint density at radius 3 is 1.43 bits per heavy atom. The van der Waals surface area contributed by atoms with Gasteiger partial charge in [-0.05, 0) is 32.1 Å². The molecule has 8 unspecified atom stereocenters. The van der Waals surface area contributed by atoms with Crippen molar-refractivity contribution in [1.29, 1.82) is 0 Å². The predicted molar refractivity (Wildman–Crippen MR) is 250 cm³/mol. The van der Waals surface area contributed by atoms with E-state index in [1.807, 2.05) is 6.08 Å². The number of hydrogen-bond acceptors (Lipinski definition) is 9. The zero-order valence-electron chi connectivity index (χ0n) is 39.3. The van der Waals surface area contributed by atoms with Crippen LogP contribution in [0, 0.1) is 0 Å². The van der Waals surface area contributed by atoms with Crippen LogP contribution in [-0.2, 0) is 14.3 Å². The number of carbonyl (C=O) groups is 1. The third-order valence-electron chi connectivity index (χ3n) is 12.4. The van der Waals surface area contributed by atoms with Crippen molar-refractivity contribution in [3.8, 4) is 0 Å². The SMILES string of the molecule is CCCCCCCCCCC/C=C/CC/C=C/C(O)C(COC1OC(CO)C(O)C(O)C1O)NC(=O)C(O)CCCCCCCCCCCCCCCCCCCCCCC. The summed E-state index contributed by atoms with van der Waals surface area (Å²) in [6.07, 6.45) is 39.8. The highest BCUT2D eigenvalue weighted by molar-refractivity contribution is 5.80. The van der Waals surface area contributed by atoms with Gasteiger partial charge in [0.1, 0.15) is 30.5 Å². The summed E-state index contributed by atoms with van der Waals surface area (Å²) >= 11 is 0. The minimum Gasteiger partial charge on any atom is -0.394 e. The molecule has 0 aliphatic carbocycles. The molecule has 1 rings (SSSR count). The van der Waals surface area contributed by atoms with Gasteiger partial charge in [-0.15, -0.1) is 0 Å². The Labute approximate surface area is 373 Å². The Bertz CT molecular complexity index is 1030. The van der Waals surface area contributed by atoms with Crippen LogP contribution in [0.15, 0.2) is 24.3 Å². The van der Waals surface area contributed by atoms with Crippen molar-refractivity contribution in [3.63, 3.8) is 0 Å². The van der Waals surface area contributed by atoms with E-state index in [9.17, 15) is 35.4 Å². The lowest BCUT2D eigenvalue weighted by Gasteiger charge is -2.40. The molecule has 7 N–H and O–H groups in total. The van der Waals surface area contributed by atoms with Crippen molar-refractivity contribution in [1.82, 2.24) is 5.32 Å². The van der Waals surface area contributed by atoms with Crippen LogP contribution in [0.3, 0.4) is 0 Å². The van der Waals surface area contributed by atoms with Gasteiger partial charge < -0.3 is 45.4 Å². The molecular formula is C51H97NO9. The van der Waals surface area contributed by atoms with Crippen LogP contribution in [0.5, 0.6) is 0 Å². The fourth-order valence-corrected chi connectivity index (χ4v) is 8.18. The first-order valence-electron chi connectivity index (χ1n) is 25.7. The van der Waals surface area contributed by atoms with Crippen LogP contribution in [-0.4, -0.2) is 98.7 Å². The van der Waals surface area contributed by atoms with E-state index in [1.165, 1.54) is 167 Å². The summed E-state index contributed by atoms with van der Waals surface area (Å²) in [5, 5.41) is 64.8. The first-order chi connectivity index (χ1) is 29.8. The van der Waals surface area contributed by atoms with Crippen LogP contribution < -0.4 is 5.32 Å². The number of unbranched alkanes of at least 4 members (excludes halogenated alkanes) is 30. The summed E-state index contributed by atoms with van der Waals surface area (Å²) in [4.78, 5) is 13.1. The Morgan fingerprint density at radius 2 is 0.967 bits per heavy atom. The molecule has 61 heavy (non-hydrogen) atoms. The summed E-state index contributed by atoms with van der Waals surface area (Å²) in [5.74, 6) is -0.623. The quantitative estimate of drug-likeness (QED) is 0.0233. The maximum Gasteiger partial charge on any atom is 0.249 e. The number of hydrogen-bond donors (Lipinski definition) is 7. The molecule has 0 aromatic carbocycles. The highest BCUT2D eigenvalue weighted by Gasteiger charge is 2.44. The number of allylic oxidation sites excluding steroid dienone is 3. The number of rotatable bonds is 43. The van der Waals surface area contributed by atoms with Gasteiger partial charge in [-0.1, -0.05) is 224 Å². The van der Waals surface area contributed by atoms with E-state index in [1.54, 1.807) is 6.08 Å². The van der Waals surface area contributed by atoms with Gasteiger partial charge in [0.25, 0.3) is 0 Å². The number of aliphatic hydroxyl groups is 6. The summed E-state index contributed by atoms with van der Waals surface area (Å²) in [6, 6.07) is -0.993. The monoisotopic (exact) mass is 868 g/mol. The van der Waals surface area contributed by atoms with Crippen molar-refractivity contribution in [2.75, 3.05) is 13.2 Å². The predicted octanol–water partition coefficient (Wildman–Crippen LogP) is 10.4. The van der Waals surface area contributed by atoms with Gasteiger partial charge in [0.05, 0.1) is 25.4 Å². The second-order valence-electron chi connectivity index (χ2n) is 18.1. The van der Waals surface area contributed by atoms with Crippen molar-refractivity contribution in [2.45, 2.75) is 281 Å². The molecule has 1 heterocycles. The second kappa shape index (κ2) is 41.3. The molecule has 1 aliphatic heterocycles. The average Bonchev–Trinajstić information content (AvgIpc) is 3.26. The maximum absolute atomic E-state index is 13.1. The van der Waals surface area contributed by atoms with E-state index >= 15 is 0 Å². The van der Waals surface area contributed by atoms with Crippen LogP contribution in [0.2, 0.25) is 0 Å². The lowest BCUT2D eigenvalue weighted by atomic mass is 9.99. The topological polar surface area (TPSA) is 169 Å². The van der Waals surface area contributed by atoms with Gasteiger partial charge in [-0.3, -0.25) is 4.79 Å². The van der Waals surface area contributed by atoms with Gasteiger partial charge >= 0.3 is 0 Å². The third kappa shape index (κ3) is 31.2. The molecule has 0 radical (unpaired) electrons. The molecule has 0 saturated carbocycles. The van der Waals surface area contributed by atoms with E-state index < -0.39 is 61.5 Å². The summed E-state index contributed by atoms with van der Waals surface area (Å²) < 4.78 is 11.1. The van der Waals surface area contributed by atoms with Gasteiger partial charge in [-0.2, -0.15) is 0 Å². The molecule has 1 fully saturated rings. The standard InChI is InChI=1S/C51H97NO9/c1-3-5-7-9-11-13-15-17-19-20-21-22-23-24-26-28-30-32-34-36-38-40-45(55)50(59)52-43(42-60-51-49(58)48(57)47(56)46(41-53)61-51)44(54)39-37-35-33-31-29-27-25-18-16-14-12-10-8-6-4-2/h29,31,37,39,43-49,51,53-58H,3-28,30,32-36,38,40-42H2,1-2H3,(H,52,59)/b31-29+,39-37+. The zero-order chi connectivity index (χ0) is 44.6. The molecule has 10 nitrogen and oxygen atoms in total. The lowest BCUT2D eigenvalue weighted by molar-refractivity contribution is -0.302. The van der Waals surface area contributed by atoms with Crippen LogP contribution >= 0.6 is 0 Å². The lowest BCUT2D eigenvalue weighted by Crippen LogP contribution is -2.60. The first kappa shape index (κ1) is 57.6. The highest BCUT2D eigenvalue weighted by Crippen LogP contribution is 2.23. The molecular weight excluding hydrogens is 771 g/mol. The van der Waals surface area contributed by atoms with Gasteiger partial charge in [0, 0.05) is 0 Å². The average molecular weight is 868 g/mol. The zero-order valence-corrected chi connectivity index (χ0v) is 39.3. The number of aliphatic hydroxyl groups excluding tert-OH is 6. The fraction of sp³-hybridized carbons (Fsp3) is 0.902. The molecule has 1 aliphatic rings. The van der Waals surface area contributed by atoms with Gasteiger partial charge in [-0.25, -0.2) is 0 Å². The van der Waals surface area contributed by atoms with Crippen molar-refractivity contribution in [3.05, 3.63) is 24.3 Å². The molecule has 1 amide bonds. The molecule has 10 heteroatoms. The number of carbonyl (C=O) groups excluding carboxylic acids is 1. The summed E-state index contributed by atoms with van der Waals surface area (Å²) in [7, 11) is 0. The first-order valence-corrected chi connectivity index (χ1v) is 25.7. The van der Waals surface area contributed by atoms with Crippen molar-refractivity contribution >= 4 is 5.91 Å². The van der Waals surface area contributed by atoms with Gasteiger partial charge in [0.2, 0.25) is 5.91 Å². The number of ether oxygens (including phenoxy) is 2. The normalized spacial score (nSPS) is 21.1. The van der Waals surface area contributed by atoms with Crippen LogP contribution in [0.1, 0.15) is 232 Å². The molecule has 0 spiro atoms. The summed E-state index contributed by atoms with van der Waals surface area (Å²) in [6.45, 7) is 3.61. The molecule has 0 aromatic heterocycles. The fourth-order valence-electron chi connectivity index (χ4n) is 8.18. The van der Waals surface area contributed by atoms with Crippen molar-refractivity contribution in [2.24, 2.45) is 0 Å². The Balaban J connectivity index is 2.34. The number of nitrogens with one attached hydrogen (secondary N) is 1. The van der Waals surface area contributed by atoms with E-state index in [4.69, 9.17) is 9.47 Å². The largest absolute Gasteiger partial charge is 0.394 e. The molecule has 0 bridgehead atoms. The second-order valence-corrected chi connectivity index (χ2v) is 18.1. The van der Waals surface area contributed by atoms with Crippen LogP contribution in [0.25, 0.3) is 0 Å². The molecule has 8 atom stereocenters.